The molecule has 0 aromatic carbocycles. The first kappa shape index (κ1) is 9.78. The predicted molar refractivity (Wildman–Crippen MR) is 37.2 cm³/mol. The minimum atomic E-state index is -2.55. The molecule has 0 rings (SSSR count). The quantitative estimate of drug-likeness (QED) is 0.565. The molecule has 4 heteroatoms. The molecule has 0 fully saturated rings. The van der Waals surface area contributed by atoms with Gasteiger partial charge >= 0.3 is 0 Å². The van der Waals surface area contributed by atoms with Crippen LogP contribution in [0, 0.1) is 0 Å². The fourth-order valence-corrected chi connectivity index (χ4v) is 0.535. The fraction of sp³-hybridized carbons (Fsp3) is 1.00. The van der Waals surface area contributed by atoms with Crippen molar-refractivity contribution in [3.63, 3.8) is 0 Å². The molecule has 0 aliphatic carbocycles. The van der Waals surface area contributed by atoms with Crippen LogP contribution in [0.1, 0.15) is 13.3 Å². The highest BCUT2D eigenvalue weighted by molar-refractivity contribution is 4.59. The molecule has 0 bridgehead atoms. The Balaban J connectivity index is 3.04. The molecule has 0 aliphatic rings. The molecule has 0 aromatic heterocycles. The van der Waals surface area contributed by atoms with Crippen molar-refractivity contribution in [1.29, 1.82) is 0 Å². The van der Waals surface area contributed by atoms with Crippen molar-refractivity contribution in [2.24, 2.45) is 5.73 Å². The molecule has 0 amide bonds. The van der Waals surface area contributed by atoms with Gasteiger partial charge in [0.1, 0.15) is 0 Å². The molecule has 62 valence electrons. The number of alkyl halides is 2. The summed E-state index contributed by atoms with van der Waals surface area (Å²) in [5.74, 6) is -2.55. The van der Waals surface area contributed by atoms with Crippen LogP contribution >= 0.6 is 0 Å². The summed E-state index contributed by atoms with van der Waals surface area (Å²) in [6.07, 6.45) is -0.118. The van der Waals surface area contributed by atoms with Gasteiger partial charge in [-0.15, -0.1) is 0 Å². The first-order chi connectivity index (χ1) is 4.56. The standard InChI is InChI=1S/C6H14F2N2/c1-6(7,8)2-4-10-5-3-9/h10H,2-5,9H2,1H3. The van der Waals surface area contributed by atoms with Gasteiger partial charge in [-0.1, -0.05) is 0 Å². The summed E-state index contributed by atoms with van der Waals surface area (Å²) in [5.41, 5.74) is 5.13. The van der Waals surface area contributed by atoms with E-state index in [4.69, 9.17) is 5.73 Å². The molecule has 0 aliphatic heterocycles. The number of rotatable bonds is 5. The molecule has 0 unspecified atom stereocenters. The summed E-state index contributed by atoms with van der Waals surface area (Å²) < 4.78 is 24.2. The van der Waals surface area contributed by atoms with Crippen molar-refractivity contribution in [1.82, 2.24) is 5.32 Å². The molecule has 3 N–H and O–H groups in total. The predicted octanol–water partition coefficient (Wildman–Crippen LogP) is 0.580. The van der Waals surface area contributed by atoms with Crippen molar-refractivity contribution in [2.45, 2.75) is 19.3 Å². The monoisotopic (exact) mass is 152 g/mol. The van der Waals surface area contributed by atoms with Crippen LogP contribution in [0.25, 0.3) is 0 Å². The van der Waals surface area contributed by atoms with Crippen molar-refractivity contribution >= 4 is 0 Å². The summed E-state index contributed by atoms with van der Waals surface area (Å²) in [6, 6.07) is 0. The SMILES string of the molecule is CC(F)(F)CCNCCN. The molecular formula is C6H14F2N2. The third kappa shape index (κ3) is 7.78. The fourth-order valence-electron chi connectivity index (χ4n) is 0.535. The Morgan fingerprint density at radius 2 is 2.00 bits per heavy atom. The average molecular weight is 152 g/mol. The van der Waals surface area contributed by atoms with E-state index in [1.807, 2.05) is 0 Å². The van der Waals surface area contributed by atoms with E-state index in [1.165, 1.54) is 0 Å². The third-order valence-electron chi connectivity index (χ3n) is 1.06. The maximum atomic E-state index is 12.1. The molecule has 0 spiro atoms. The Labute approximate surface area is 59.8 Å². The number of hydrogen-bond donors (Lipinski definition) is 2. The zero-order valence-electron chi connectivity index (χ0n) is 6.16. The Morgan fingerprint density at radius 3 is 2.40 bits per heavy atom. The van der Waals surface area contributed by atoms with Crippen molar-refractivity contribution in [3.05, 3.63) is 0 Å². The number of nitrogens with two attached hydrogens (primary N) is 1. The van der Waals surface area contributed by atoms with E-state index in [0.717, 1.165) is 6.92 Å². The second-order valence-corrected chi connectivity index (χ2v) is 2.36. The smallest absolute Gasteiger partial charge is 0.246 e. The van der Waals surface area contributed by atoms with Gasteiger partial charge in [-0.2, -0.15) is 0 Å². The molecule has 0 aromatic rings. The summed E-state index contributed by atoms with van der Waals surface area (Å²) in [5, 5.41) is 2.79. The Bertz CT molecular complexity index is 80.3. The number of nitrogens with one attached hydrogen (secondary N) is 1. The first-order valence-electron chi connectivity index (χ1n) is 3.35. The van der Waals surface area contributed by atoms with Gasteiger partial charge < -0.3 is 11.1 Å². The minimum Gasteiger partial charge on any atom is -0.329 e. The van der Waals surface area contributed by atoms with E-state index in [9.17, 15) is 8.78 Å². The van der Waals surface area contributed by atoms with Crippen LogP contribution in [0.4, 0.5) is 8.78 Å². The van der Waals surface area contributed by atoms with Crippen LogP contribution in [0.15, 0.2) is 0 Å². The van der Waals surface area contributed by atoms with Gasteiger partial charge in [0.25, 0.3) is 0 Å². The van der Waals surface area contributed by atoms with Gasteiger partial charge in [0.05, 0.1) is 0 Å². The van der Waals surface area contributed by atoms with E-state index in [0.29, 0.717) is 19.6 Å². The summed E-state index contributed by atoms with van der Waals surface area (Å²) in [4.78, 5) is 0. The van der Waals surface area contributed by atoms with E-state index in [1.54, 1.807) is 0 Å². The zero-order chi connectivity index (χ0) is 8.04. The zero-order valence-corrected chi connectivity index (χ0v) is 6.16. The van der Waals surface area contributed by atoms with Crippen LogP contribution in [0.3, 0.4) is 0 Å². The van der Waals surface area contributed by atoms with E-state index in [2.05, 4.69) is 5.32 Å². The average Bonchev–Trinajstić information content (AvgIpc) is 1.78. The normalized spacial score (nSPS) is 12.0. The van der Waals surface area contributed by atoms with Crippen molar-refractivity contribution in [3.8, 4) is 0 Å². The Kier molecular flexibility index (Phi) is 4.47. The lowest BCUT2D eigenvalue weighted by Crippen LogP contribution is -2.27. The van der Waals surface area contributed by atoms with E-state index in [-0.39, 0.29) is 6.42 Å². The van der Waals surface area contributed by atoms with Crippen LogP contribution in [0.2, 0.25) is 0 Å². The minimum absolute atomic E-state index is 0.118. The molecule has 0 radical (unpaired) electrons. The Morgan fingerprint density at radius 1 is 1.40 bits per heavy atom. The largest absolute Gasteiger partial charge is 0.329 e. The van der Waals surface area contributed by atoms with Gasteiger partial charge in [0, 0.05) is 26.1 Å². The maximum Gasteiger partial charge on any atom is 0.246 e. The summed E-state index contributed by atoms with van der Waals surface area (Å²) in [6.45, 7) is 2.35. The van der Waals surface area contributed by atoms with Crippen LogP contribution < -0.4 is 11.1 Å². The Hall–Kier alpha value is -0.220. The van der Waals surface area contributed by atoms with Crippen LogP contribution in [0.5, 0.6) is 0 Å². The topological polar surface area (TPSA) is 38.0 Å². The highest BCUT2D eigenvalue weighted by Gasteiger charge is 2.19. The van der Waals surface area contributed by atoms with Gasteiger partial charge in [-0.25, -0.2) is 8.78 Å². The van der Waals surface area contributed by atoms with E-state index >= 15 is 0 Å². The lowest BCUT2D eigenvalue weighted by molar-refractivity contribution is 0.0135. The molecule has 10 heavy (non-hydrogen) atoms. The summed E-state index contributed by atoms with van der Waals surface area (Å²) >= 11 is 0. The second kappa shape index (κ2) is 4.57. The lowest BCUT2D eigenvalue weighted by atomic mass is 10.3. The molecule has 0 heterocycles. The first-order valence-corrected chi connectivity index (χ1v) is 3.35. The number of halogens is 2. The molecule has 0 saturated heterocycles. The van der Waals surface area contributed by atoms with Gasteiger partial charge in [0.15, 0.2) is 0 Å². The van der Waals surface area contributed by atoms with Gasteiger partial charge in [0.2, 0.25) is 5.92 Å². The highest BCUT2D eigenvalue weighted by atomic mass is 19.3. The number of hydrogen-bond acceptors (Lipinski definition) is 2. The van der Waals surface area contributed by atoms with Crippen LogP contribution in [-0.4, -0.2) is 25.6 Å². The third-order valence-corrected chi connectivity index (χ3v) is 1.06. The second-order valence-electron chi connectivity index (χ2n) is 2.36. The van der Waals surface area contributed by atoms with E-state index < -0.39 is 5.92 Å². The molecule has 0 saturated carbocycles. The lowest BCUT2D eigenvalue weighted by Gasteiger charge is -2.09. The molecular weight excluding hydrogens is 138 g/mol. The molecule has 2 nitrogen and oxygen atoms in total. The van der Waals surface area contributed by atoms with Gasteiger partial charge in [-0.05, 0) is 6.92 Å². The van der Waals surface area contributed by atoms with Crippen molar-refractivity contribution < 1.29 is 8.78 Å². The summed E-state index contributed by atoms with van der Waals surface area (Å²) in [7, 11) is 0. The van der Waals surface area contributed by atoms with Gasteiger partial charge in [-0.3, -0.25) is 0 Å². The maximum absolute atomic E-state index is 12.1. The molecule has 0 atom stereocenters. The van der Waals surface area contributed by atoms with Crippen molar-refractivity contribution in [2.75, 3.05) is 19.6 Å². The van der Waals surface area contributed by atoms with Crippen LogP contribution in [-0.2, 0) is 0 Å². The highest BCUT2D eigenvalue weighted by Crippen LogP contribution is 2.14.